The Hall–Kier alpha value is -2.74. The van der Waals surface area contributed by atoms with E-state index in [0.717, 1.165) is 37.1 Å². The topological polar surface area (TPSA) is 90.0 Å². The fraction of sp³-hybridized carbons (Fsp3) is 0.300. The summed E-state index contributed by atoms with van der Waals surface area (Å²) in [6, 6.07) is 8.62. The van der Waals surface area contributed by atoms with Gasteiger partial charge in [0.05, 0.1) is 5.56 Å². The number of likely N-dealkylation sites (N-methyl/N-ethyl adjacent to an activating group) is 1. The molecule has 1 unspecified atom stereocenters. The molecule has 1 saturated heterocycles. The van der Waals surface area contributed by atoms with Crippen molar-refractivity contribution in [2.45, 2.75) is 6.23 Å². The number of oxazole rings is 1. The molecule has 2 heterocycles. The fourth-order valence-corrected chi connectivity index (χ4v) is 3.39. The van der Waals surface area contributed by atoms with E-state index >= 15 is 0 Å². The molecule has 3 aromatic rings. The van der Waals surface area contributed by atoms with E-state index in [-0.39, 0.29) is 11.3 Å². The van der Waals surface area contributed by atoms with E-state index in [2.05, 4.69) is 16.9 Å². The smallest absolute Gasteiger partial charge is 0.226 e. The van der Waals surface area contributed by atoms with Crippen LogP contribution in [-0.2, 0) is 0 Å². The second-order valence-electron chi connectivity index (χ2n) is 6.84. The Kier molecular flexibility index (Phi) is 4.65. The molecule has 2 N–H and O–H groups in total. The molecule has 0 amide bonds. The lowest BCUT2D eigenvalue weighted by atomic mass is 10.0. The fourth-order valence-electron chi connectivity index (χ4n) is 3.39. The first-order chi connectivity index (χ1) is 13.1. The Labute approximate surface area is 156 Å². The van der Waals surface area contributed by atoms with Crippen LogP contribution in [0.15, 0.2) is 41.0 Å². The van der Waals surface area contributed by atoms with Crippen molar-refractivity contribution in [3.05, 3.63) is 47.9 Å². The van der Waals surface area contributed by atoms with E-state index in [1.54, 1.807) is 18.2 Å². The van der Waals surface area contributed by atoms with Crippen LogP contribution in [0.5, 0.6) is 5.75 Å². The summed E-state index contributed by atoms with van der Waals surface area (Å²) < 4.78 is 5.59. The highest BCUT2D eigenvalue weighted by atomic mass is 16.3. The minimum absolute atomic E-state index is 0.0426. The van der Waals surface area contributed by atoms with Gasteiger partial charge in [-0.2, -0.15) is 0 Å². The van der Waals surface area contributed by atoms with E-state index < -0.39 is 6.23 Å². The van der Waals surface area contributed by atoms with Crippen molar-refractivity contribution in [1.29, 1.82) is 0 Å². The molecule has 0 bridgehead atoms. The van der Waals surface area contributed by atoms with Gasteiger partial charge in [0.1, 0.15) is 17.7 Å². The van der Waals surface area contributed by atoms with Gasteiger partial charge >= 0.3 is 0 Å². The van der Waals surface area contributed by atoms with Crippen LogP contribution in [0.25, 0.3) is 22.2 Å². The molecule has 7 nitrogen and oxygen atoms in total. The summed E-state index contributed by atoms with van der Waals surface area (Å²) in [6.07, 6.45) is 1.33. The largest absolute Gasteiger partial charge is 0.507 e. The second-order valence-corrected chi connectivity index (χ2v) is 6.84. The molecule has 4 rings (SSSR count). The molecule has 0 spiro atoms. The maximum absolute atomic E-state index is 11.2. The predicted octanol–water partition coefficient (Wildman–Crippen LogP) is 2.25. The second kappa shape index (κ2) is 7.11. The molecule has 140 valence electrons. The Balaban J connectivity index is 1.61. The molecule has 1 fully saturated rings. The first-order valence-electron chi connectivity index (χ1n) is 8.84. The van der Waals surface area contributed by atoms with Crippen LogP contribution in [0.4, 0.5) is 0 Å². The Bertz CT molecular complexity index is 977. The van der Waals surface area contributed by atoms with Crippen LogP contribution in [0.2, 0.25) is 0 Å². The normalized spacial score (nSPS) is 17.3. The van der Waals surface area contributed by atoms with Gasteiger partial charge in [-0.3, -0.25) is 9.69 Å². The molecular formula is C20H21N3O4. The molecule has 0 saturated carbocycles. The quantitative estimate of drug-likeness (QED) is 0.684. The average molecular weight is 367 g/mol. The molecule has 1 aliphatic rings. The van der Waals surface area contributed by atoms with Crippen molar-refractivity contribution >= 4 is 17.1 Å². The summed E-state index contributed by atoms with van der Waals surface area (Å²) in [5, 5.41) is 21.8. The van der Waals surface area contributed by atoms with Crippen LogP contribution in [0.3, 0.4) is 0 Å². The van der Waals surface area contributed by atoms with Crippen LogP contribution >= 0.6 is 0 Å². The number of aromatic nitrogens is 1. The Morgan fingerprint density at radius 2 is 1.96 bits per heavy atom. The predicted molar refractivity (Wildman–Crippen MR) is 101 cm³/mol. The molecule has 1 aliphatic heterocycles. The maximum atomic E-state index is 11.2. The van der Waals surface area contributed by atoms with E-state index in [1.807, 2.05) is 11.0 Å². The van der Waals surface area contributed by atoms with Crippen molar-refractivity contribution in [2.24, 2.45) is 0 Å². The summed E-state index contributed by atoms with van der Waals surface area (Å²) in [4.78, 5) is 19.9. The highest BCUT2D eigenvalue weighted by molar-refractivity contribution is 6.01. The molecule has 0 radical (unpaired) electrons. The van der Waals surface area contributed by atoms with E-state index in [0.29, 0.717) is 23.3 Å². The Morgan fingerprint density at radius 1 is 1.19 bits per heavy atom. The number of aldehydes is 1. The number of fused-ring (bicyclic) bond motifs is 1. The van der Waals surface area contributed by atoms with Gasteiger partial charge in [-0.15, -0.1) is 0 Å². The van der Waals surface area contributed by atoms with Gasteiger partial charge in [-0.1, -0.05) is 12.1 Å². The zero-order valence-electron chi connectivity index (χ0n) is 15.0. The van der Waals surface area contributed by atoms with E-state index in [9.17, 15) is 15.0 Å². The first kappa shape index (κ1) is 17.7. The average Bonchev–Trinajstić information content (AvgIpc) is 3.18. The van der Waals surface area contributed by atoms with Crippen molar-refractivity contribution < 1.29 is 19.4 Å². The lowest BCUT2D eigenvalue weighted by Gasteiger charge is -2.34. The summed E-state index contributed by atoms with van der Waals surface area (Å²) >= 11 is 0. The molecule has 27 heavy (non-hydrogen) atoms. The van der Waals surface area contributed by atoms with Crippen LogP contribution in [-0.4, -0.2) is 64.5 Å². The van der Waals surface area contributed by atoms with Gasteiger partial charge in [0.2, 0.25) is 5.89 Å². The number of phenols is 1. The molecule has 2 aromatic carbocycles. The summed E-state index contributed by atoms with van der Waals surface area (Å²) in [6.45, 7) is 3.35. The van der Waals surface area contributed by atoms with Crippen molar-refractivity contribution in [1.82, 2.24) is 14.8 Å². The number of aromatic hydroxyl groups is 1. The zero-order chi connectivity index (χ0) is 19.0. The third-order valence-corrected chi connectivity index (χ3v) is 5.07. The highest BCUT2D eigenvalue weighted by Crippen LogP contribution is 2.30. The van der Waals surface area contributed by atoms with Crippen molar-refractivity contribution in [2.75, 3.05) is 33.2 Å². The number of aliphatic hydroxyl groups is 1. The van der Waals surface area contributed by atoms with Crippen LogP contribution in [0, 0.1) is 0 Å². The minimum atomic E-state index is -0.796. The van der Waals surface area contributed by atoms with Gasteiger partial charge in [0, 0.05) is 31.7 Å². The van der Waals surface area contributed by atoms with Gasteiger partial charge < -0.3 is 19.5 Å². The SMILES string of the molecule is CN1CCN(C(O)c2coc(-c3ccc4c(C=O)c(O)ccc4c3)n2)CC1. The molecule has 1 atom stereocenters. The number of hydrogen-bond acceptors (Lipinski definition) is 7. The lowest BCUT2D eigenvalue weighted by Crippen LogP contribution is -2.46. The van der Waals surface area contributed by atoms with Gasteiger partial charge in [-0.05, 0) is 36.0 Å². The van der Waals surface area contributed by atoms with Crippen LogP contribution < -0.4 is 0 Å². The lowest BCUT2D eigenvalue weighted by molar-refractivity contribution is -0.0259. The van der Waals surface area contributed by atoms with Crippen LogP contribution in [0.1, 0.15) is 22.3 Å². The van der Waals surface area contributed by atoms with Gasteiger partial charge in [-0.25, -0.2) is 4.98 Å². The zero-order valence-corrected chi connectivity index (χ0v) is 15.0. The number of rotatable bonds is 4. The molecule has 0 aliphatic carbocycles. The summed E-state index contributed by atoms with van der Waals surface area (Å²) in [5.74, 6) is 0.361. The summed E-state index contributed by atoms with van der Waals surface area (Å²) in [7, 11) is 2.06. The van der Waals surface area contributed by atoms with Gasteiger partial charge in [0.25, 0.3) is 0 Å². The highest BCUT2D eigenvalue weighted by Gasteiger charge is 2.24. The number of benzene rings is 2. The van der Waals surface area contributed by atoms with E-state index in [4.69, 9.17) is 4.42 Å². The monoisotopic (exact) mass is 367 g/mol. The van der Waals surface area contributed by atoms with Crippen molar-refractivity contribution in [3.8, 4) is 17.2 Å². The molecule has 7 heteroatoms. The number of aliphatic hydroxyl groups excluding tert-OH is 1. The van der Waals surface area contributed by atoms with Crippen molar-refractivity contribution in [3.63, 3.8) is 0 Å². The number of carbonyl (C=O) groups excluding carboxylic acids is 1. The summed E-state index contributed by atoms with van der Waals surface area (Å²) in [5.41, 5.74) is 1.48. The number of hydrogen-bond donors (Lipinski definition) is 2. The number of phenolic OH excluding ortho intramolecular Hbond substituents is 1. The first-order valence-corrected chi connectivity index (χ1v) is 8.84. The maximum Gasteiger partial charge on any atom is 0.226 e. The third-order valence-electron chi connectivity index (χ3n) is 5.07. The standard InChI is InChI=1S/C20H21N3O4/c1-22-6-8-23(9-7-22)20(26)17-12-27-19(21-17)14-2-4-15-13(10-14)3-5-18(25)16(15)11-24/h2-5,10-12,20,25-26H,6-9H2,1H3. The van der Waals surface area contributed by atoms with Gasteiger partial charge in [0.15, 0.2) is 12.5 Å². The Morgan fingerprint density at radius 3 is 2.70 bits per heavy atom. The molecule has 1 aromatic heterocycles. The molecular weight excluding hydrogens is 346 g/mol. The third kappa shape index (κ3) is 3.32. The van der Waals surface area contributed by atoms with E-state index in [1.165, 1.54) is 12.3 Å². The minimum Gasteiger partial charge on any atom is -0.507 e. The number of carbonyl (C=O) groups is 1. The number of nitrogens with zero attached hydrogens (tertiary/aromatic N) is 3. The number of piperazine rings is 1.